The van der Waals surface area contributed by atoms with Crippen LogP contribution in [0.1, 0.15) is 44.6 Å². The largest absolute Gasteiger partial charge is 0.477 e. The van der Waals surface area contributed by atoms with Crippen LogP contribution >= 0.6 is 11.6 Å². The van der Waals surface area contributed by atoms with Crippen LogP contribution in [0.25, 0.3) is 0 Å². The zero-order valence-corrected chi connectivity index (χ0v) is 10.5. The Hall–Kier alpha value is -0.830. The van der Waals surface area contributed by atoms with Gasteiger partial charge in [0, 0.05) is 0 Å². The first-order valence-electron chi connectivity index (χ1n) is 5.81. The lowest BCUT2D eigenvalue weighted by atomic mass is 10.1. The van der Waals surface area contributed by atoms with E-state index in [0.29, 0.717) is 11.0 Å². The maximum Gasteiger partial charge on any atom is 0.221 e. The van der Waals surface area contributed by atoms with Gasteiger partial charge >= 0.3 is 0 Å². The molecule has 0 radical (unpaired) electrons. The Bertz CT molecular complexity index is 364. The second-order valence-corrected chi connectivity index (χ2v) is 4.98. The third kappa shape index (κ3) is 2.85. The molecular formula is C12H17ClN2O. The van der Waals surface area contributed by atoms with Crippen molar-refractivity contribution in [2.45, 2.75) is 39.0 Å². The zero-order chi connectivity index (χ0) is 11.5. The predicted octanol–water partition coefficient (Wildman–Crippen LogP) is 3.43. The van der Waals surface area contributed by atoms with E-state index >= 15 is 0 Å². The van der Waals surface area contributed by atoms with E-state index in [-0.39, 0.29) is 5.92 Å². The van der Waals surface area contributed by atoms with Crippen molar-refractivity contribution in [1.82, 2.24) is 9.97 Å². The molecule has 0 unspecified atom stereocenters. The van der Waals surface area contributed by atoms with Crippen LogP contribution in [0.2, 0.25) is 5.15 Å². The van der Waals surface area contributed by atoms with E-state index in [9.17, 15) is 0 Å². The lowest BCUT2D eigenvalue weighted by Crippen LogP contribution is -2.05. The van der Waals surface area contributed by atoms with Crippen LogP contribution in [0.4, 0.5) is 0 Å². The summed E-state index contributed by atoms with van der Waals surface area (Å²) in [6.07, 6.45) is 5.29. The fraction of sp³-hybridized carbons (Fsp3) is 0.667. The molecule has 1 heterocycles. The highest BCUT2D eigenvalue weighted by Gasteiger charge is 2.21. The van der Waals surface area contributed by atoms with Crippen molar-refractivity contribution in [3.05, 3.63) is 17.0 Å². The molecule has 0 atom stereocenters. The molecule has 1 aliphatic carbocycles. The highest BCUT2D eigenvalue weighted by atomic mass is 35.5. The van der Waals surface area contributed by atoms with Gasteiger partial charge in [-0.15, -0.1) is 0 Å². The van der Waals surface area contributed by atoms with Gasteiger partial charge in [-0.2, -0.15) is 0 Å². The summed E-state index contributed by atoms with van der Waals surface area (Å²) < 4.78 is 5.69. The molecule has 1 aromatic heterocycles. The summed E-state index contributed by atoms with van der Waals surface area (Å²) in [6, 6.07) is 0. The Balaban J connectivity index is 2.02. The van der Waals surface area contributed by atoms with Crippen molar-refractivity contribution in [2.75, 3.05) is 6.61 Å². The third-order valence-corrected chi connectivity index (χ3v) is 3.14. The molecule has 0 amide bonds. The Morgan fingerprint density at radius 3 is 2.81 bits per heavy atom. The van der Waals surface area contributed by atoms with E-state index in [1.54, 1.807) is 0 Å². The number of hydrogen-bond acceptors (Lipinski definition) is 3. The maximum atomic E-state index is 6.05. The van der Waals surface area contributed by atoms with Crippen molar-refractivity contribution < 1.29 is 4.74 Å². The Labute approximate surface area is 101 Å². The SMILES string of the molecule is CC(C)c1c(Cl)ncnc1OCCC1CC1. The third-order valence-electron chi connectivity index (χ3n) is 2.84. The second-order valence-electron chi connectivity index (χ2n) is 4.62. The molecule has 0 saturated heterocycles. The minimum absolute atomic E-state index is 0.282. The van der Waals surface area contributed by atoms with Gasteiger partial charge < -0.3 is 4.74 Å². The average molecular weight is 241 g/mol. The van der Waals surface area contributed by atoms with Crippen LogP contribution in [0.15, 0.2) is 6.33 Å². The summed E-state index contributed by atoms with van der Waals surface area (Å²) in [7, 11) is 0. The van der Waals surface area contributed by atoms with Gasteiger partial charge in [0.05, 0.1) is 12.2 Å². The van der Waals surface area contributed by atoms with Gasteiger partial charge in [-0.3, -0.25) is 0 Å². The first-order chi connectivity index (χ1) is 7.68. The summed E-state index contributed by atoms with van der Waals surface area (Å²) in [5.74, 6) is 1.81. The normalized spacial score (nSPS) is 15.5. The van der Waals surface area contributed by atoms with Crippen LogP contribution in [0, 0.1) is 5.92 Å². The number of hydrogen-bond donors (Lipinski definition) is 0. The molecule has 0 aliphatic heterocycles. The number of aromatic nitrogens is 2. The summed E-state index contributed by atoms with van der Waals surface area (Å²) in [4.78, 5) is 8.15. The van der Waals surface area contributed by atoms with Gasteiger partial charge in [0.1, 0.15) is 11.5 Å². The second kappa shape index (κ2) is 5.00. The number of rotatable bonds is 5. The highest BCUT2D eigenvalue weighted by molar-refractivity contribution is 6.30. The molecule has 0 aromatic carbocycles. The van der Waals surface area contributed by atoms with E-state index < -0.39 is 0 Å². The van der Waals surface area contributed by atoms with Crippen LogP contribution in [-0.4, -0.2) is 16.6 Å². The molecule has 88 valence electrons. The molecule has 4 heteroatoms. The Morgan fingerprint density at radius 2 is 2.19 bits per heavy atom. The van der Waals surface area contributed by atoms with Crippen molar-refractivity contribution >= 4 is 11.6 Å². The molecule has 16 heavy (non-hydrogen) atoms. The van der Waals surface area contributed by atoms with Gasteiger partial charge in [-0.1, -0.05) is 38.3 Å². The van der Waals surface area contributed by atoms with Crippen molar-refractivity contribution in [3.63, 3.8) is 0 Å². The number of ether oxygens (including phenoxy) is 1. The lowest BCUT2D eigenvalue weighted by molar-refractivity contribution is 0.286. The van der Waals surface area contributed by atoms with Gasteiger partial charge in [-0.25, -0.2) is 9.97 Å². The first-order valence-corrected chi connectivity index (χ1v) is 6.19. The standard InChI is InChI=1S/C12H17ClN2O/c1-8(2)10-11(13)14-7-15-12(10)16-6-5-9-3-4-9/h7-9H,3-6H2,1-2H3. The van der Waals surface area contributed by atoms with Gasteiger partial charge in [-0.05, 0) is 18.3 Å². The summed E-state index contributed by atoms with van der Waals surface area (Å²) >= 11 is 6.05. The molecule has 1 aliphatic rings. The summed E-state index contributed by atoms with van der Waals surface area (Å²) in [5.41, 5.74) is 0.917. The predicted molar refractivity (Wildman–Crippen MR) is 64.0 cm³/mol. The van der Waals surface area contributed by atoms with Crippen LogP contribution in [0.5, 0.6) is 5.88 Å². The molecule has 0 spiro atoms. The van der Waals surface area contributed by atoms with Crippen LogP contribution in [0.3, 0.4) is 0 Å². The summed E-state index contributed by atoms with van der Waals surface area (Å²) in [5, 5.41) is 0.506. The molecule has 3 nitrogen and oxygen atoms in total. The van der Waals surface area contributed by atoms with Crippen molar-refractivity contribution in [2.24, 2.45) is 5.92 Å². The maximum absolute atomic E-state index is 6.05. The van der Waals surface area contributed by atoms with Gasteiger partial charge in [0.25, 0.3) is 0 Å². The smallest absolute Gasteiger partial charge is 0.221 e. The zero-order valence-electron chi connectivity index (χ0n) is 9.74. The summed E-state index contributed by atoms with van der Waals surface area (Å²) in [6.45, 7) is 4.87. The number of halogens is 1. The quantitative estimate of drug-likeness (QED) is 0.740. The average Bonchev–Trinajstić information content (AvgIpc) is 3.01. The van der Waals surface area contributed by atoms with E-state index in [4.69, 9.17) is 16.3 Å². The minimum atomic E-state index is 0.282. The van der Waals surface area contributed by atoms with E-state index in [2.05, 4.69) is 23.8 Å². The molecular weight excluding hydrogens is 224 g/mol. The van der Waals surface area contributed by atoms with Gasteiger partial charge in [0.2, 0.25) is 5.88 Å². The monoisotopic (exact) mass is 240 g/mol. The molecule has 1 aromatic rings. The van der Waals surface area contributed by atoms with E-state index in [1.165, 1.54) is 19.2 Å². The molecule has 1 fully saturated rings. The lowest BCUT2D eigenvalue weighted by Gasteiger charge is -2.13. The number of nitrogens with zero attached hydrogens (tertiary/aromatic N) is 2. The topological polar surface area (TPSA) is 35.0 Å². The fourth-order valence-electron chi connectivity index (χ4n) is 1.69. The van der Waals surface area contributed by atoms with Crippen LogP contribution in [-0.2, 0) is 0 Å². The molecule has 0 bridgehead atoms. The first kappa shape index (κ1) is 11.6. The van der Waals surface area contributed by atoms with Crippen molar-refractivity contribution in [3.8, 4) is 5.88 Å². The minimum Gasteiger partial charge on any atom is -0.477 e. The van der Waals surface area contributed by atoms with Crippen LogP contribution < -0.4 is 4.74 Å². The van der Waals surface area contributed by atoms with E-state index in [1.807, 2.05) is 0 Å². The molecule has 2 rings (SSSR count). The Kier molecular flexibility index (Phi) is 3.64. The molecule has 1 saturated carbocycles. The van der Waals surface area contributed by atoms with E-state index in [0.717, 1.165) is 24.5 Å². The van der Waals surface area contributed by atoms with Gasteiger partial charge in [0.15, 0.2) is 0 Å². The fourth-order valence-corrected chi connectivity index (χ4v) is 2.03. The Morgan fingerprint density at radius 1 is 1.44 bits per heavy atom. The van der Waals surface area contributed by atoms with Crippen molar-refractivity contribution in [1.29, 1.82) is 0 Å². The molecule has 0 N–H and O–H groups in total. The highest BCUT2D eigenvalue weighted by Crippen LogP contribution is 2.33.